The molecule has 1 heterocycles. The summed E-state index contributed by atoms with van der Waals surface area (Å²) in [7, 11) is 1.21. The highest BCUT2D eigenvalue weighted by atomic mass is 19.4. The van der Waals surface area contributed by atoms with Gasteiger partial charge in [-0.25, -0.2) is 0 Å². The molecule has 0 aliphatic heterocycles. The summed E-state index contributed by atoms with van der Waals surface area (Å²) >= 11 is 0. The number of halogens is 3. The summed E-state index contributed by atoms with van der Waals surface area (Å²) < 4.78 is 42.6. The Bertz CT molecular complexity index is 506. The van der Waals surface area contributed by atoms with E-state index in [9.17, 15) is 13.2 Å². The Morgan fingerprint density at radius 1 is 1.24 bits per heavy atom. The fourth-order valence-electron chi connectivity index (χ4n) is 1.51. The SMILES string of the molecule is COc1cc(-c2cn[nH]c2)ccc1C(F)(F)F. The van der Waals surface area contributed by atoms with E-state index in [-0.39, 0.29) is 5.75 Å². The van der Waals surface area contributed by atoms with Gasteiger partial charge in [-0.05, 0) is 17.7 Å². The van der Waals surface area contributed by atoms with Crippen LogP contribution >= 0.6 is 0 Å². The van der Waals surface area contributed by atoms with Crippen LogP contribution in [0.25, 0.3) is 11.1 Å². The van der Waals surface area contributed by atoms with Crippen molar-refractivity contribution in [3.63, 3.8) is 0 Å². The first-order valence-electron chi connectivity index (χ1n) is 4.77. The fourth-order valence-corrected chi connectivity index (χ4v) is 1.51. The molecule has 0 bridgehead atoms. The Kier molecular flexibility index (Phi) is 2.79. The number of hydrogen-bond donors (Lipinski definition) is 1. The van der Waals surface area contributed by atoms with Gasteiger partial charge in [0.2, 0.25) is 0 Å². The largest absolute Gasteiger partial charge is 0.496 e. The molecule has 0 atom stereocenters. The molecule has 90 valence electrons. The number of methoxy groups -OCH3 is 1. The van der Waals surface area contributed by atoms with Gasteiger partial charge in [0.15, 0.2) is 0 Å². The molecule has 0 radical (unpaired) electrons. The van der Waals surface area contributed by atoms with E-state index in [0.717, 1.165) is 6.07 Å². The second kappa shape index (κ2) is 4.12. The summed E-state index contributed by atoms with van der Waals surface area (Å²) in [5.74, 6) is -0.198. The molecule has 0 spiro atoms. The predicted octanol–water partition coefficient (Wildman–Crippen LogP) is 3.10. The van der Waals surface area contributed by atoms with Gasteiger partial charge in [-0.15, -0.1) is 0 Å². The van der Waals surface area contributed by atoms with Crippen LogP contribution in [0.5, 0.6) is 5.75 Å². The molecule has 17 heavy (non-hydrogen) atoms. The van der Waals surface area contributed by atoms with Crippen LogP contribution in [0.1, 0.15) is 5.56 Å². The summed E-state index contributed by atoms with van der Waals surface area (Å²) in [6, 6.07) is 3.73. The van der Waals surface area contributed by atoms with Crippen molar-refractivity contribution in [1.82, 2.24) is 10.2 Å². The second-order valence-electron chi connectivity index (χ2n) is 3.40. The molecule has 0 aliphatic carbocycles. The van der Waals surface area contributed by atoms with Crippen molar-refractivity contribution in [3.05, 3.63) is 36.2 Å². The maximum atomic E-state index is 12.6. The summed E-state index contributed by atoms with van der Waals surface area (Å²) in [5.41, 5.74) is 0.535. The van der Waals surface area contributed by atoms with Crippen LogP contribution in [0.4, 0.5) is 13.2 Å². The average molecular weight is 242 g/mol. The van der Waals surface area contributed by atoms with Crippen LogP contribution in [0.2, 0.25) is 0 Å². The molecule has 0 saturated carbocycles. The molecule has 2 rings (SSSR count). The van der Waals surface area contributed by atoms with E-state index < -0.39 is 11.7 Å². The van der Waals surface area contributed by atoms with Gasteiger partial charge in [0.1, 0.15) is 5.75 Å². The highest BCUT2D eigenvalue weighted by Gasteiger charge is 2.34. The number of hydrogen-bond acceptors (Lipinski definition) is 2. The van der Waals surface area contributed by atoms with Crippen molar-refractivity contribution in [2.24, 2.45) is 0 Å². The molecular weight excluding hydrogens is 233 g/mol. The lowest BCUT2D eigenvalue weighted by molar-refractivity contribution is -0.138. The minimum absolute atomic E-state index is 0.198. The summed E-state index contributed by atoms with van der Waals surface area (Å²) in [5, 5.41) is 6.33. The maximum absolute atomic E-state index is 12.6. The van der Waals surface area contributed by atoms with E-state index in [1.54, 1.807) is 6.20 Å². The lowest BCUT2D eigenvalue weighted by Crippen LogP contribution is -2.07. The first-order chi connectivity index (χ1) is 8.02. The van der Waals surface area contributed by atoms with Crippen LogP contribution < -0.4 is 4.74 Å². The normalized spacial score (nSPS) is 11.5. The minimum atomic E-state index is -4.42. The fraction of sp³-hybridized carbons (Fsp3) is 0.182. The van der Waals surface area contributed by atoms with Crippen molar-refractivity contribution in [1.29, 1.82) is 0 Å². The molecule has 1 aromatic heterocycles. The molecule has 6 heteroatoms. The zero-order valence-corrected chi connectivity index (χ0v) is 8.88. The van der Waals surface area contributed by atoms with E-state index in [1.165, 1.54) is 25.4 Å². The molecular formula is C11H9F3N2O. The minimum Gasteiger partial charge on any atom is -0.496 e. The maximum Gasteiger partial charge on any atom is 0.419 e. The zero-order chi connectivity index (χ0) is 12.5. The van der Waals surface area contributed by atoms with E-state index in [4.69, 9.17) is 4.74 Å². The molecule has 2 aromatic rings. The number of ether oxygens (including phenoxy) is 1. The summed E-state index contributed by atoms with van der Waals surface area (Å²) in [6.07, 6.45) is -1.29. The number of nitrogens with zero attached hydrogens (tertiary/aromatic N) is 1. The highest BCUT2D eigenvalue weighted by molar-refractivity contribution is 5.64. The summed E-state index contributed by atoms with van der Waals surface area (Å²) in [4.78, 5) is 0. The van der Waals surface area contributed by atoms with E-state index in [0.29, 0.717) is 11.1 Å². The standard InChI is InChI=1S/C11H9F3N2O/c1-17-10-4-7(8-5-15-16-6-8)2-3-9(10)11(12,13)14/h2-6H,1H3,(H,15,16). The van der Waals surface area contributed by atoms with E-state index in [2.05, 4.69) is 10.2 Å². The zero-order valence-electron chi connectivity index (χ0n) is 8.88. The molecule has 0 aliphatic rings. The van der Waals surface area contributed by atoms with Crippen molar-refractivity contribution in [2.45, 2.75) is 6.18 Å². The van der Waals surface area contributed by atoms with Crippen molar-refractivity contribution in [2.75, 3.05) is 7.11 Å². The Labute approximate surface area is 95.2 Å². The van der Waals surface area contributed by atoms with Gasteiger partial charge in [0.25, 0.3) is 0 Å². The van der Waals surface area contributed by atoms with Crippen LogP contribution in [-0.2, 0) is 6.18 Å². The van der Waals surface area contributed by atoms with Crippen LogP contribution in [0, 0.1) is 0 Å². The number of nitrogens with one attached hydrogen (secondary N) is 1. The number of aromatic nitrogens is 2. The quantitative estimate of drug-likeness (QED) is 0.878. The molecule has 3 nitrogen and oxygen atoms in total. The molecule has 1 aromatic carbocycles. The third-order valence-corrected chi connectivity index (χ3v) is 2.34. The van der Waals surface area contributed by atoms with Gasteiger partial charge in [-0.2, -0.15) is 18.3 Å². The second-order valence-corrected chi connectivity index (χ2v) is 3.40. The third-order valence-electron chi connectivity index (χ3n) is 2.34. The molecule has 0 unspecified atom stereocenters. The smallest absolute Gasteiger partial charge is 0.419 e. The number of benzene rings is 1. The number of alkyl halides is 3. The van der Waals surface area contributed by atoms with E-state index in [1.807, 2.05) is 0 Å². The Hall–Kier alpha value is -1.98. The van der Waals surface area contributed by atoms with Gasteiger partial charge in [0, 0.05) is 11.8 Å². The molecule has 0 fully saturated rings. The van der Waals surface area contributed by atoms with Gasteiger partial charge < -0.3 is 4.74 Å². The van der Waals surface area contributed by atoms with Crippen LogP contribution in [0.3, 0.4) is 0 Å². The number of aromatic amines is 1. The van der Waals surface area contributed by atoms with Gasteiger partial charge >= 0.3 is 6.18 Å². The number of rotatable bonds is 2. The van der Waals surface area contributed by atoms with Crippen LogP contribution in [-0.4, -0.2) is 17.3 Å². The Morgan fingerprint density at radius 3 is 2.53 bits per heavy atom. The first-order valence-corrected chi connectivity index (χ1v) is 4.77. The molecule has 1 N–H and O–H groups in total. The topological polar surface area (TPSA) is 37.9 Å². The number of H-pyrrole nitrogens is 1. The average Bonchev–Trinajstić information content (AvgIpc) is 2.80. The monoisotopic (exact) mass is 242 g/mol. The lowest BCUT2D eigenvalue weighted by Gasteiger charge is -2.12. The summed E-state index contributed by atoms with van der Waals surface area (Å²) in [6.45, 7) is 0. The van der Waals surface area contributed by atoms with Crippen LogP contribution in [0.15, 0.2) is 30.6 Å². The third kappa shape index (κ3) is 2.25. The molecule has 0 saturated heterocycles. The van der Waals surface area contributed by atoms with Crippen molar-refractivity contribution >= 4 is 0 Å². The predicted molar refractivity (Wildman–Crippen MR) is 55.6 cm³/mol. The van der Waals surface area contributed by atoms with Crippen molar-refractivity contribution in [3.8, 4) is 16.9 Å². The lowest BCUT2D eigenvalue weighted by atomic mass is 10.1. The van der Waals surface area contributed by atoms with E-state index >= 15 is 0 Å². The first kappa shape index (κ1) is 11.5. The Balaban J connectivity index is 2.49. The van der Waals surface area contributed by atoms with Gasteiger partial charge in [-0.1, -0.05) is 6.07 Å². The Morgan fingerprint density at radius 2 is 2.00 bits per heavy atom. The van der Waals surface area contributed by atoms with Crippen molar-refractivity contribution < 1.29 is 17.9 Å². The van der Waals surface area contributed by atoms with Gasteiger partial charge in [-0.3, -0.25) is 5.10 Å². The van der Waals surface area contributed by atoms with Gasteiger partial charge in [0.05, 0.1) is 18.9 Å². The molecule has 0 amide bonds. The highest BCUT2D eigenvalue weighted by Crippen LogP contribution is 2.38.